The molecule has 0 radical (unpaired) electrons. The van der Waals surface area contributed by atoms with Gasteiger partial charge in [-0.2, -0.15) is 0 Å². The van der Waals surface area contributed by atoms with Crippen LogP contribution in [0.25, 0.3) is 101 Å². The predicted octanol–water partition coefficient (Wildman–Crippen LogP) is 13.4. The van der Waals surface area contributed by atoms with Crippen LogP contribution < -0.4 is 0 Å². The van der Waals surface area contributed by atoms with E-state index in [4.69, 9.17) is 19.4 Å². The lowest BCUT2D eigenvalue weighted by atomic mass is 9.95. The number of aromatic nitrogens is 3. The van der Waals surface area contributed by atoms with Gasteiger partial charge in [0.25, 0.3) is 0 Å². The van der Waals surface area contributed by atoms with Gasteiger partial charge in [0.15, 0.2) is 17.5 Å². The van der Waals surface area contributed by atoms with Gasteiger partial charge in [-0.3, -0.25) is 0 Å². The summed E-state index contributed by atoms with van der Waals surface area (Å²) in [5, 5.41) is 1.99. The van der Waals surface area contributed by atoms with Crippen molar-refractivity contribution in [1.29, 1.82) is 0 Å². The second-order valence-electron chi connectivity index (χ2n) is 13.6. The lowest BCUT2D eigenvalue weighted by Crippen LogP contribution is -2.00. The van der Waals surface area contributed by atoms with Crippen molar-refractivity contribution in [3.05, 3.63) is 200 Å². The average Bonchev–Trinajstić information content (AvgIpc) is 3.66. The summed E-state index contributed by atoms with van der Waals surface area (Å²) < 4.78 is 6.42. The smallest absolute Gasteiger partial charge is 0.164 e. The van der Waals surface area contributed by atoms with Crippen molar-refractivity contribution in [1.82, 2.24) is 15.0 Å². The summed E-state index contributed by atoms with van der Waals surface area (Å²) in [5.41, 5.74) is 13.8. The molecule has 4 heteroatoms. The highest BCUT2D eigenvalue weighted by Gasteiger charge is 2.18. The van der Waals surface area contributed by atoms with Gasteiger partial charge in [0.1, 0.15) is 11.2 Å². The van der Waals surface area contributed by atoms with Crippen LogP contribution in [-0.2, 0) is 0 Å². The number of rotatable bonds is 7. The minimum Gasteiger partial charge on any atom is -0.456 e. The molecular formula is C51H33N3O. The third kappa shape index (κ3) is 6.26. The molecule has 2 heterocycles. The molecule has 0 atom stereocenters. The average molecular weight is 704 g/mol. The zero-order valence-corrected chi connectivity index (χ0v) is 29.8. The van der Waals surface area contributed by atoms with E-state index >= 15 is 0 Å². The highest BCUT2D eigenvalue weighted by molar-refractivity contribution is 6.12. The maximum Gasteiger partial charge on any atom is 0.164 e. The molecule has 258 valence electrons. The highest BCUT2D eigenvalue weighted by Crippen LogP contribution is 2.39. The molecule has 8 aromatic carbocycles. The SMILES string of the molecule is c1ccc(-c2cccc(-c3cccc(-c4ccc(-c5ccc6oc7cccc(-c8nc(-c9ccccc9)nc(-c9ccccc9)n8)c7c6c5)cc4)c3)c2)cc1. The molecule has 0 saturated heterocycles. The van der Waals surface area contributed by atoms with Crippen molar-refractivity contribution in [3.63, 3.8) is 0 Å². The summed E-state index contributed by atoms with van der Waals surface area (Å²) in [6, 6.07) is 69.5. The molecule has 0 aliphatic rings. The van der Waals surface area contributed by atoms with Crippen LogP contribution in [0.3, 0.4) is 0 Å². The first-order valence-electron chi connectivity index (χ1n) is 18.4. The lowest BCUT2D eigenvalue weighted by molar-refractivity contribution is 0.669. The zero-order chi connectivity index (χ0) is 36.6. The summed E-state index contributed by atoms with van der Waals surface area (Å²) in [4.78, 5) is 15.0. The summed E-state index contributed by atoms with van der Waals surface area (Å²) in [6.07, 6.45) is 0. The lowest BCUT2D eigenvalue weighted by Gasteiger charge is -2.10. The van der Waals surface area contributed by atoms with Gasteiger partial charge in [0, 0.05) is 27.5 Å². The predicted molar refractivity (Wildman–Crippen MR) is 225 cm³/mol. The molecule has 0 saturated carbocycles. The van der Waals surface area contributed by atoms with Crippen molar-refractivity contribution in [2.75, 3.05) is 0 Å². The van der Waals surface area contributed by atoms with Crippen LogP contribution in [0, 0.1) is 0 Å². The van der Waals surface area contributed by atoms with E-state index in [2.05, 4.69) is 127 Å². The van der Waals surface area contributed by atoms with E-state index in [-0.39, 0.29) is 0 Å². The van der Waals surface area contributed by atoms with Gasteiger partial charge in [-0.15, -0.1) is 0 Å². The van der Waals surface area contributed by atoms with Gasteiger partial charge in [-0.25, -0.2) is 15.0 Å². The Morgan fingerprint density at radius 3 is 1.22 bits per heavy atom. The van der Waals surface area contributed by atoms with Crippen LogP contribution >= 0.6 is 0 Å². The number of furan rings is 1. The second kappa shape index (κ2) is 13.8. The van der Waals surface area contributed by atoms with Gasteiger partial charge in [0.05, 0.1) is 0 Å². The molecule has 2 aromatic heterocycles. The first-order valence-corrected chi connectivity index (χ1v) is 18.4. The number of nitrogens with zero attached hydrogens (tertiary/aromatic N) is 3. The monoisotopic (exact) mass is 703 g/mol. The first-order chi connectivity index (χ1) is 27.2. The van der Waals surface area contributed by atoms with Gasteiger partial charge in [-0.1, -0.05) is 170 Å². The fraction of sp³-hybridized carbons (Fsp3) is 0. The van der Waals surface area contributed by atoms with E-state index in [9.17, 15) is 0 Å². The largest absolute Gasteiger partial charge is 0.456 e. The molecule has 0 bridgehead atoms. The summed E-state index contributed by atoms with van der Waals surface area (Å²) in [6.45, 7) is 0. The number of hydrogen-bond donors (Lipinski definition) is 0. The van der Waals surface area contributed by atoms with Gasteiger partial charge in [-0.05, 0) is 74.8 Å². The summed E-state index contributed by atoms with van der Waals surface area (Å²) in [5.74, 6) is 1.85. The molecule has 0 N–H and O–H groups in total. The Labute approximate surface area is 319 Å². The molecule has 10 rings (SSSR count). The Kier molecular flexibility index (Phi) is 8.12. The van der Waals surface area contributed by atoms with Gasteiger partial charge < -0.3 is 4.42 Å². The van der Waals surface area contributed by atoms with Crippen molar-refractivity contribution in [2.45, 2.75) is 0 Å². The maximum atomic E-state index is 6.42. The Morgan fingerprint density at radius 1 is 0.273 bits per heavy atom. The fourth-order valence-corrected chi connectivity index (χ4v) is 7.36. The fourth-order valence-electron chi connectivity index (χ4n) is 7.36. The van der Waals surface area contributed by atoms with E-state index in [0.29, 0.717) is 17.5 Å². The Hall–Kier alpha value is -7.43. The third-order valence-corrected chi connectivity index (χ3v) is 10.2. The third-order valence-electron chi connectivity index (χ3n) is 10.2. The quantitative estimate of drug-likeness (QED) is 0.166. The molecule has 10 aromatic rings. The van der Waals surface area contributed by atoms with Crippen molar-refractivity contribution >= 4 is 21.9 Å². The van der Waals surface area contributed by atoms with Crippen LogP contribution in [0.1, 0.15) is 0 Å². The summed E-state index contributed by atoms with van der Waals surface area (Å²) in [7, 11) is 0. The zero-order valence-electron chi connectivity index (χ0n) is 29.8. The van der Waals surface area contributed by atoms with E-state index < -0.39 is 0 Å². The standard InChI is InChI=1S/C51H33N3O/c1-4-13-34(14-5-1)39-19-10-21-41(31-39)42-22-11-20-40(32-42)35-25-27-36(28-26-35)43-29-30-46-45(33-43)48-44(23-12-24-47(48)55-46)51-53-49(37-15-6-2-7-16-37)52-50(54-51)38-17-8-3-9-18-38/h1-33H. The van der Waals surface area contributed by atoms with Crippen LogP contribution in [-0.4, -0.2) is 15.0 Å². The molecule has 0 aliphatic carbocycles. The normalized spacial score (nSPS) is 11.3. The van der Waals surface area contributed by atoms with Crippen LogP contribution in [0.2, 0.25) is 0 Å². The van der Waals surface area contributed by atoms with Crippen molar-refractivity contribution in [2.24, 2.45) is 0 Å². The second-order valence-corrected chi connectivity index (χ2v) is 13.6. The Morgan fingerprint density at radius 2 is 0.673 bits per heavy atom. The Balaban J connectivity index is 1.01. The number of hydrogen-bond acceptors (Lipinski definition) is 4. The Bertz CT molecular complexity index is 2900. The molecular weight excluding hydrogens is 671 g/mol. The maximum absolute atomic E-state index is 6.42. The molecule has 0 spiro atoms. The van der Waals surface area contributed by atoms with Gasteiger partial charge >= 0.3 is 0 Å². The van der Waals surface area contributed by atoms with Gasteiger partial charge in [0.2, 0.25) is 0 Å². The summed E-state index contributed by atoms with van der Waals surface area (Å²) >= 11 is 0. The van der Waals surface area contributed by atoms with E-state index in [0.717, 1.165) is 49.8 Å². The molecule has 0 fully saturated rings. The van der Waals surface area contributed by atoms with E-state index in [1.807, 2.05) is 72.8 Å². The van der Waals surface area contributed by atoms with Crippen molar-refractivity contribution in [3.8, 4) is 78.7 Å². The topological polar surface area (TPSA) is 51.8 Å². The molecule has 4 nitrogen and oxygen atoms in total. The van der Waals surface area contributed by atoms with Crippen LogP contribution in [0.4, 0.5) is 0 Å². The van der Waals surface area contributed by atoms with Crippen LogP contribution in [0.15, 0.2) is 205 Å². The highest BCUT2D eigenvalue weighted by atomic mass is 16.3. The molecule has 0 unspecified atom stereocenters. The first kappa shape index (κ1) is 32.2. The molecule has 0 aliphatic heterocycles. The minimum atomic E-state index is 0.602. The van der Waals surface area contributed by atoms with E-state index in [1.54, 1.807) is 0 Å². The number of fused-ring (bicyclic) bond motifs is 3. The minimum absolute atomic E-state index is 0.602. The van der Waals surface area contributed by atoms with Crippen LogP contribution in [0.5, 0.6) is 0 Å². The molecule has 55 heavy (non-hydrogen) atoms. The van der Waals surface area contributed by atoms with E-state index in [1.165, 1.54) is 33.4 Å². The number of benzene rings is 8. The van der Waals surface area contributed by atoms with Crippen molar-refractivity contribution < 1.29 is 4.42 Å². The molecule has 0 amide bonds.